The van der Waals surface area contributed by atoms with E-state index in [2.05, 4.69) is 10.3 Å². The molecule has 1 unspecified atom stereocenters. The number of carbonyl (C=O) groups is 2. The fourth-order valence-electron chi connectivity index (χ4n) is 1.59. The highest BCUT2D eigenvalue weighted by Gasteiger charge is 2.16. The molecule has 18 heavy (non-hydrogen) atoms. The Labute approximate surface area is 107 Å². The molecule has 0 fully saturated rings. The Hall–Kier alpha value is -1.89. The summed E-state index contributed by atoms with van der Waals surface area (Å²) in [5, 5.41) is 13.0. The summed E-state index contributed by atoms with van der Waals surface area (Å²) < 4.78 is 1.85. The molecule has 0 bridgehead atoms. The number of carboxylic acid groups (broad SMARTS) is 1. The highest BCUT2D eigenvalue weighted by atomic mass is 32.1. The van der Waals surface area contributed by atoms with Crippen LogP contribution in [-0.2, 0) is 16.0 Å². The smallest absolute Gasteiger partial charge is 0.325 e. The van der Waals surface area contributed by atoms with Crippen molar-refractivity contribution >= 4 is 28.2 Å². The molecule has 2 N–H and O–H groups in total. The number of nitrogens with zero attached hydrogens (tertiary/aromatic N) is 2. The first-order valence-electron chi connectivity index (χ1n) is 5.41. The molecule has 2 aromatic heterocycles. The number of imidazole rings is 1. The Morgan fingerprint density at radius 3 is 3.00 bits per heavy atom. The first kappa shape index (κ1) is 12.6. The molecule has 0 spiro atoms. The van der Waals surface area contributed by atoms with Crippen LogP contribution >= 0.6 is 11.3 Å². The van der Waals surface area contributed by atoms with Gasteiger partial charge in [0, 0.05) is 17.3 Å². The second-order valence-corrected chi connectivity index (χ2v) is 4.90. The predicted octanol–water partition coefficient (Wildman–Crippen LogP) is 0.836. The van der Waals surface area contributed by atoms with Gasteiger partial charge in [0.15, 0.2) is 4.96 Å². The SMILES string of the molecule is Cc1cn2c(CC(=O)NC(C)C(=O)O)csc2n1. The van der Waals surface area contributed by atoms with Crippen molar-refractivity contribution in [3.8, 4) is 0 Å². The molecule has 0 aliphatic heterocycles. The van der Waals surface area contributed by atoms with E-state index < -0.39 is 12.0 Å². The van der Waals surface area contributed by atoms with Crippen molar-refractivity contribution in [3.63, 3.8) is 0 Å². The number of carbonyl (C=O) groups excluding carboxylic acids is 1. The van der Waals surface area contributed by atoms with Gasteiger partial charge in [-0.05, 0) is 13.8 Å². The molecule has 0 aliphatic carbocycles. The normalized spacial score (nSPS) is 12.6. The standard InChI is InChI=1S/C11H13N3O3S/c1-6-4-14-8(5-18-11(14)12-6)3-9(15)13-7(2)10(16)17/h4-5,7H,3H2,1-2H3,(H,13,15)(H,16,17). The van der Waals surface area contributed by atoms with E-state index in [4.69, 9.17) is 5.11 Å². The van der Waals surface area contributed by atoms with Crippen molar-refractivity contribution in [1.29, 1.82) is 0 Å². The minimum absolute atomic E-state index is 0.146. The van der Waals surface area contributed by atoms with Crippen LogP contribution in [0.4, 0.5) is 0 Å². The zero-order valence-corrected chi connectivity index (χ0v) is 10.8. The first-order valence-corrected chi connectivity index (χ1v) is 6.29. The van der Waals surface area contributed by atoms with Crippen LogP contribution in [0.1, 0.15) is 18.3 Å². The van der Waals surface area contributed by atoms with Crippen molar-refractivity contribution in [2.24, 2.45) is 0 Å². The van der Waals surface area contributed by atoms with E-state index in [1.807, 2.05) is 22.9 Å². The summed E-state index contributed by atoms with van der Waals surface area (Å²) >= 11 is 1.46. The zero-order chi connectivity index (χ0) is 13.3. The molecule has 2 aromatic rings. The molecule has 0 saturated heterocycles. The lowest BCUT2D eigenvalue weighted by Crippen LogP contribution is -2.39. The Morgan fingerprint density at radius 1 is 1.61 bits per heavy atom. The van der Waals surface area contributed by atoms with Crippen LogP contribution in [0.5, 0.6) is 0 Å². The van der Waals surface area contributed by atoms with E-state index in [1.54, 1.807) is 0 Å². The maximum absolute atomic E-state index is 11.7. The number of carboxylic acids is 1. The van der Waals surface area contributed by atoms with E-state index >= 15 is 0 Å². The van der Waals surface area contributed by atoms with E-state index in [0.717, 1.165) is 16.3 Å². The minimum atomic E-state index is -1.04. The van der Waals surface area contributed by atoms with E-state index in [9.17, 15) is 9.59 Å². The van der Waals surface area contributed by atoms with E-state index in [0.29, 0.717) is 0 Å². The predicted molar refractivity (Wildman–Crippen MR) is 66.8 cm³/mol. The summed E-state index contributed by atoms with van der Waals surface area (Å²) in [7, 11) is 0. The van der Waals surface area contributed by atoms with Crippen LogP contribution in [0.25, 0.3) is 4.96 Å². The monoisotopic (exact) mass is 267 g/mol. The number of nitrogens with one attached hydrogen (secondary N) is 1. The molecule has 1 amide bonds. The van der Waals surface area contributed by atoms with Gasteiger partial charge in [-0.15, -0.1) is 11.3 Å². The fraction of sp³-hybridized carbons (Fsp3) is 0.364. The van der Waals surface area contributed by atoms with Crippen LogP contribution in [0.15, 0.2) is 11.6 Å². The first-order chi connectivity index (χ1) is 8.47. The van der Waals surface area contributed by atoms with Crippen LogP contribution in [0, 0.1) is 6.92 Å². The Balaban J connectivity index is 2.09. The fourth-order valence-corrected chi connectivity index (χ4v) is 2.51. The van der Waals surface area contributed by atoms with Gasteiger partial charge < -0.3 is 10.4 Å². The summed E-state index contributed by atoms with van der Waals surface area (Å²) in [6, 6.07) is -0.879. The summed E-state index contributed by atoms with van der Waals surface area (Å²) in [5.41, 5.74) is 1.70. The largest absolute Gasteiger partial charge is 0.480 e. The molecule has 2 heterocycles. The maximum atomic E-state index is 11.7. The molecule has 0 saturated carbocycles. The highest BCUT2D eigenvalue weighted by Crippen LogP contribution is 2.16. The van der Waals surface area contributed by atoms with Gasteiger partial charge in [0.1, 0.15) is 6.04 Å². The summed E-state index contributed by atoms with van der Waals surface area (Å²) in [5.74, 6) is -1.35. The topological polar surface area (TPSA) is 83.7 Å². The minimum Gasteiger partial charge on any atom is -0.480 e. The Bertz CT molecular complexity index is 602. The van der Waals surface area contributed by atoms with E-state index in [1.165, 1.54) is 18.3 Å². The number of aryl methyl sites for hydroxylation is 1. The third kappa shape index (κ3) is 2.51. The van der Waals surface area contributed by atoms with Gasteiger partial charge in [0.25, 0.3) is 0 Å². The summed E-state index contributed by atoms with van der Waals surface area (Å²) in [6.45, 7) is 3.32. The number of hydrogen-bond acceptors (Lipinski definition) is 4. The molecule has 0 aromatic carbocycles. The highest BCUT2D eigenvalue weighted by molar-refractivity contribution is 7.15. The average Bonchev–Trinajstić information content (AvgIpc) is 2.79. The Kier molecular flexibility index (Phi) is 3.33. The molecule has 6 nitrogen and oxygen atoms in total. The van der Waals surface area contributed by atoms with Gasteiger partial charge in [-0.1, -0.05) is 0 Å². The van der Waals surface area contributed by atoms with Gasteiger partial charge >= 0.3 is 5.97 Å². The van der Waals surface area contributed by atoms with Crippen molar-refractivity contribution in [1.82, 2.24) is 14.7 Å². The molecule has 96 valence electrons. The molecule has 0 radical (unpaired) electrons. The van der Waals surface area contributed by atoms with Crippen molar-refractivity contribution < 1.29 is 14.7 Å². The third-order valence-electron chi connectivity index (χ3n) is 2.49. The quantitative estimate of drug-likeness (QED) is 0.859. The molecule has 1 atom stereocenters. The number of amides is 1. The Morgan fingerprint density at radius 2 is 2.33 bits per heavy atom. The number of rotatable bonds is 4. The molecular weight excluding hydrogens is 254 g/mol. The number of hydrogen-bond donors (Lipinski definition) is 2. The lowest BCUT2D eigenvalue weighted by molar-refractivity contribution is -0.141. The molecule has 2 rings (SSSR count). The van der Waals surface area contributed by atoms with Crippen LogP contribution < -0.4 is 5.32 Å². The third-order valence-corrected chi connectivity index (χ3v) is 3.38. The van der Waals surface area contributed by atoms with Gasteiger partial charge in [-0.2, -0.15) is 0 Å². The van der Waals surface area contributed by atoms with E-state index in [-0.39, 0.29) is 12.3 Å². The van der Waals surface area contributed by atoms with Gasteiger partial charge in [0.05, 0.1) is 12.1 Å². The van der Waals surface area contributed by atoms with Crippen LogP contribution in [0.3, 0.4) is 0 Å². The second-order valence-electron chi connectivity index (χ2n) is 4.07. The number of aliphatic carboxylic acids is 1. The number of thiazole rings is 1. The summed E-state index contributed by atoms with van der Waals surface area (Å²) in [6.07, 6.45) is 2.00. The molecular formula is C11H13N3O3S. The average molecular weight is 267 g/mol. The number of fused-ring (bicyclic) bond motifs is 1. The van der Waals surface area contributed by atoms with Gasteiger partial charge in [-0.3, -0.25) is 14.0 Å². The van der Waals surface area contributed by atoms with Crippen LogP contribution in [0.2, 0.25) is 0 Å². The van der Waals surface area contributed by atoms with Crippen molar-refractivity contribution in [2.45, 2.75) is 26.3 Å². The molecule has 7 heteroatoms. The maximum Gasteiger partial charge on any atom is 0.325 e. The lowest BCUT2D eigenvalue weighted by Gasteiger charge is -2.08. The summed E-state index contributed by atoms with van der Waals surface area (Å²) in [4.78, 5) is 27.4. The number of aromatic nitrogens is 2. The van der Waals surface area contributed by atoms with Crippen molar-refractivity contribution in [3.05, 3.63) is 23.0 Å². The van der Waals surface area contributed by atoms with Gasteiger partial charge in [-0.25, -0.2) is 4.98 Å². The van der Waals surface area contributed by atoms with Gasteiger partial charge in [0.2, 0.25) is 5.91 Å². The lowest BCUT2D eigenvalue weighted by atomic mass is 10.3. The second kappa shape index (κ2) is 4.77. The molecule has 0 aliphatic rings. The zero-order valence-electron chi connectivity index (χ0n) is 10.0. The van der Waals surface area contributed by atoms with Crippen molar-refractivity contribution in [2.75, 3.05) is 0 Å². The van der Waals surface area contributed by atoms with Crippen LogP contribution in [-0.4, -0.2) is 32.4 Å².